The summed E-state index contributed by atoms with van der Waals surface area (Å²) in [5, 5.41) is 30.8. The van der Waals surface area contributed by atoms with E-state index in [1.54, 1.807) is 36.4 Å². The second-order valence-corrected chi connectivity index (χ2v) is 11.1. The molecule has 0 radical (unpaired) electrons. The topological polar surface area (TPSA) is 163 Å². The highest BCUT2D eigenvalue weighted by Gasteiger charge is 2.22. The van der Waals surface area contributed by atoms with E-state index in [-0.39, 0.29) is 33.0 Å². The van der Waals surface area contributed by atoms with Gasteiger partial charge in [0.25, 0.3) is 0 Å². The highest BCUT2D eigenvalue weighted by Crippen LogP contribution is 2.42. The number of nitrogens with two attached hydrogens (primary N) is 1. The number of thiocarbonyl (C=S) groups is 1. The Kier molecular flexibility index (Phi) is 7.11. The van der Waals surface area contributed by atoms with Crippen LogP contribution in [0.3, 0.4) is 0 Å². The van der Waals surface area contributed by atoms with Crippen molar-refractivity contribution in [3.8, 4) is 28.2 Å². The van der Waals surface area contributed by atoms with Crippen molar-refractivity contribution < 1.29 is 27.8 Å². The molecule has 0 bridgehead atoms. The molecule has 5 rings (SSSR count). The summed E-state index contributed by atoms with van der Waals surface area (Å²) in [5.41, 5.74) is 2.68. The van der Waals surface area contributed by atoms with Crippen LogP contribution in [-0.2, 0) is 16.4 Å². The van der Waals surface area contributed by atoms with E-state index in [1.165, 1.54) is 42.5 Å². The third kappa shape index (κ3) is 5.57. The SMILES string of the molecule is NS(=O)(=O)c1ccc(CCC(=S)Nc2ccc(-c3c4ccc(=O)cc-4oc4cc([O-])ccc34)c(C(=O)O)c2)cc1. The molecule has 3 aromatic carbocycles. The minimum absolute atomic E-state index is 0.0161. The molecule has 0 fully saturated rings. The first-order valence-corrected chi connectivity index (χ1v) is 13.9. The first-order valence-electron chi connectivity index (χ1n) is 12.0. The molecule has 3 aromatic rings. The van der Waals surface area contributed by atoms with E-state index in [0.29, 0.717) is 45.6 Å². The number of aryl methyl sites for hydroxylation is 1. The average Bonchev–Trinajstić information content (AvgIpc) is 2.90. The Morgan fingerprint density at radius 1 is 0.975 bits per heavy atom. The zero-order chi connectivity index (χ0) is 28.6. The van der Waals surface area contributed by atoms with Gasteiger partial charge in [0.05, 0.1) is 15.4 Å². The Morgan fingerprint density at radius 2 is 1.70 bits per heavy atom. The van der Waals surface area contributed by atoms with Gasteiger partial charge in [-0.3, -0.25) is 4.79 Å². The van der Waals surface area contributed by atoms with Crippen molar-refractivity contribution in [3.63, 3.8) is 0 Å². The van der Waals surface area contributed by atoms with Gasteiger partial charge in [-0.1, -0.05) is 42.5 Å². The second-order valence-electron chi connectivity index (χ2n) is 9.10. The maximum atomic E-state index is 12.4. The van der Waals surface area contributed by atoms with Crippen LogP contribution in [0.15, 0.2) is 93.0 Å². The van der Waals surface area contributed by atoms with Crippen molar-refractivity contribution in [3.05, 3.63) is 100 Å². The van der Waals surface area contributed by atoms with Gasteiger partial charge in [-0.05, 0) is 60.0 Å². The molecule has 1 heterocycles. The number of fused-ring (bicyclic) bond motifs is 2. The lowest BCUT2D eigenvalue weighted by molar-refractivity contribution is -0.268. The van der Waals surface area contributed by atoms with Gasteiger partial charge in [0.1, 0.15) is 11.3 Å². The molecule has 0 atom stereocenters. The van der Waals surface area contributed by atoms with E-state index in [1.807, 2.05) is 0 Å². The predicted molar refractivity (Wildman–Crippen MR) is 153 cm³/mol. The van der Waals surface area contributed by atoms with Gasteiger partial charge >= 0.3 is 5.97 Å². The summed E-state index contributed by atoms with van der Waals surface area (Å²) < 4.78 is 28.7. The van der Waals surface area contributed by atoms with Gasteiger partial charge < -0.3 is 19.9 Å². The van der Waals surface area contributed by atoms with Crippen LogP contribution in [0, 0.1) is 0 Å². The highest BCUT2D eigenvalue weighted by atomic mass is 32.2. The number of nitrogens with one attached hydrogen (secondary N) is 1. The van der Waals surface area contributed by atoms with Crippen molar-refractivity contribution >= 4 is 49.9 Å². The van der Waals surface area contributed by atoms with Crippen molar-refractivity contribution in [2.45, 2.75) is 17.7 Å². The molecule has 0 amide bonds. The Labute approximate surface area is 233 Å². The molecule has 202 valence electrons. The Bertz CT molecular complexity index is 1930. The summed E-state index contributed by atoms with van der Waals surface area (Å²) in [6.07, 6.45) is 0.953. The Balaban J connectivity index is 1.46. The molecule has 11 heteroatoms. The number of carboxylic acids is 1. The average molecular weight is 574 g/mol. The number of rotatable bonds is 7. The van der Waals surface area contributed by atoms with Crippen LogP contribution in [0.25, 0.3) is 33.4 Å². The Morgan fingerprint density at radius 3 is 2.40 bits per heavy atom. The van der Waals surface area contributed by atoms with Crippen LogP contribution >= 0.6 is 12.2 Å². The zero-order valence-corrected chi connectivity index (χ0v) is 22.3. The molecule has 0 saturated heterocycles. The maximum absolute atomic E-state index is 12.4. The standard InChI is InChI=1S/C29H22N2O7S2/c30-40(36,37)20-7-1-16(2-8-20)3-12-27(39)31-17-4-9-21(24(13-17)29(34)35)28-22-10-5-18(32)14-25(22)38-26-15-19(33)6-11-23(26)28/h1-2,4-11,13-15,32H,3,12H2,(H,31,39)(H,34,35)(H2,30,36,37)/p-1. The summed E-state index contributed by atoms with van der Waals surface area (Å²) in [7, 11) is -3.77. The molecule has 0 spiro atoms. The summed E-state index contributed by atoms with van der Waals surface area (Å²) >= 11 is 5.46. The van der Waals surface area contributed by atoms with Crippen molar-refractivity contribution in [1.82, 2.24) is 0 Å². The quantitative estimate of drug-likeness (QED) is 0.190. The van der Waals surface area contributed by atoms with Crippen LogP contribution in [-0.4, -0.2) is 24.5 Å². The number of sulfonamides is 1. The number of benzene rings is 4. The van der Waals surface area contributed by atoms with Crippen LogP contribution in [0.2, 0.25) is 0 Å². The summed E-state index contributed by atoms with van der Waals surface area (Å²) in [4.78, 5) is 24.9. The monoisotopic (exact) mass is 573 g/mol. The first-order chi connectivity index (χ1) is 19.0. The number of primary sulfonamides is 1. The summed E-state index contributed by atoms with van der Waals surface area (Å²) in [6, 6.07) is 19.5. The molecule has 9 nitrogen and oxygen atoms in total. The first kappa shape index (κ1) is 27.0. The molecule has 2 aliphatic rings. The van der Waals surface area contributed by atoms with E-state index >= 15 is 0 Å². The van der Waals surface area contributed by atoms with Crippen molar-refractivity contribution in [2.75, 3.05) is 5.32 Å². The van der Waals surface area contributed by atoms with Crippen LogP contribution in [0.1, 0.15) is 22.3 Å². The maximum Gasteiger partial charge on any atom is 0.336 e. The molecule has 0 saturated carbocycles. The van der Waals surface area contributed by atoms with Gasteiger partial charge in [0, 0.05) is 34.7 Å². The van der Waals surface area contributed by atoms with E-state index < -0.39 is 16.0 Å². The van der Waals surface area contributed by atoms with Gasteiger partial charge in [0.2, 0.25) is 10.0 Å². The fourth-order valence-corrected chi connectivity index (χ4v) is 5.22. The predicted octanol–water partition coefficient (Wildman–Crippen LogP) is 4.36. The number of carbonyl (C=O) groups is 1. The largest absolute Gasteiger partial charge is 0.872 e. The number of hydrogen-bond acceptors (Lipinski definition) is 7. The molecular weight excluding hydrogens is 552 g/mol. The third-order valence-corrected chi connectivity index (χ3v) is 7.60. The molecule has 0 unspecified atom stereocenters. The van der Waals surface area contributed by atoms with Gasteiger partial charge in [-0.15, -0.1) is 5.75 Å². The van der Waals surface area contributed by atoms with Crippen molar-refractivity contribution in [2.24, 2.45) is 5.14 Å². The fourth-order valence-electron chi connectivity index (χ4n) is 4.49. The van der Waals surface area contributed by atoms with E-state index in [2.05, 4.69) is 5.32 Å². The zero-order valence-electron chi connectivity index (χ0n) is 20.7. The van der Waals surface area contributed by atoms with Gasteiger partial charge in [-0.2, -0.15) is 0 Å². The number of anilines is 1. The van der Waals surface area contributed by atoms with E-state index in [0.717, 1.165) is 5.56 Å². The number of carboxylic acid groups (broad SMARTS) is 1. The lowest BCUT2D eigenvalue weighted by Crippen LogP contribution is -2.12. The van der Waals surface area contributed by atoms with Crippen LogP contribution in [0.5, 0.6) is 5.75 Å². The fraction of sp³-hybridized carbons (Fsp3) is 0.0690. The molecule has 40 heavy (non-hydrogen) atoms. The summed E-state index contributed by atoms with van der Waals surface area (Å²) in [5.74, 6) is -1.23. The number of hydrogen-bond donors (Lipinski definition) is 3. The molecule has 1 aliphatic carbocycles. The minimum atomic E-state index is -3.77. The van der Waals surface area contributed by atoms with Crippen molar-refractivity contribution in [1.29, 1.82) is 0 Å². The van der Waals surface area contributed by atoms with Crippen LogP contribution in [0.4, 0.5) is 5.69 Å². The van der Waals surface area contributed by atoms with Crippen LogP contribution < -0.4 is 21.0 Å². The molecule has 1 aliphatic heterocycles. The third-order valence-electron chi connectivity index (χ3n) is 6.36. The number of aromatic carboxylic acids is 1. The highest BCUT2D eigenvalue weighted by molar-refractivity contribution is 7.89. The lowest BCUT2D eigenvalue weighted by atomic mass is 9.90. The molecular formula is C29H21N2O7S2-. The molecule has 4 N–H and O–H groups in total. The summed E-state index contributed by atoms with van der Waals surface area (Å²) in [6.45, 7) is 0. The minimum Gasteiger partial charge on any atom is -0.872 e. The van der Waals surface area contributed by atoms with Gasteiger partial charge in [-0.25, -0.2) is 18.4 Å². The van der Waals surface area contributed by atoms with E-state index in [9.17, 15) is 28.2 Å². The Hall–Kier alpha value is -4.58. The van der Waals surface area contributed by atoms with Gasteiger partial charge in [0.15, 0.2) is 5.43 Å². The smallest absolute Gasteiger partial charge is 0.336 e. The molecule has 0 aromatic heterocycles. The second kappa shape index (κ2) is 10.5. The lowest BCUT2D eigenvalue weighted by Gasteiger charge is -2.18. The normalized spacial score (nSPS) is 11.5. The van der Waals surface area contributed by atoms with E-state index in [4.69, 9.17) is 21.8 Å².